The largest absolute Gasteiger partial charge is 0.397 e. The van der Waals surface area contributed by atoms with Gasteiger partial charge in [0.15, 0.2) is 0 Å². The van der Waals surface area contributed by atoms with E-state index in [2.05, 4.69) is 24.4 Å². The predicted octanol–water partition coefficient (Wildman–Crippen LogP) is 3.14. The van der Waals surface area contributed by atoms with E-state index in [4.69, 9.17) is 5.73 Å². The lowest BCUT2D eigenvalue weighted by molar-refractivity contribution is 0.0930. The first-order valence-electron chi connectivity index (χ1n) is 7.36. The number of nitrogen functional groups attached to an aromatic ring is 1. The van der Waals surface area contributed by atoms with Crippen molar-refractivity contribution in [3.63, 3.8) is 0 Å². The first kappa shape index (κ1) is 14.2. The van der Waals surface area contributed by atoms with E-state index in [1.807, 2.05) is 17.7 Å². The van der Waals surface area contributed by atoms with Gasteiger partial charge in [-0.15, -0.1) is 11.3 Å². The quantitative estimate of drug-likeness (QED) is 0.891. The highest BCUT2D eigenvalue weighted by Gasteiger charge is 2.28. The maximum atomic E-state index is 12.4. The molecule has 0 spiro atoms. The number of aryl methyl sites for hydroxylation is 1. The number of nitrogens with zero attached hydrogens (tertiary/aromatic N) is 1. The Balaban J connectivity index is 1.65. The van der Waals surface area contributed by atoms with E-state index in [9.17, 15) is 4.79 Å². The third kappa shape index (κ3) is 3.29. The number of thiophene rings is 1. The second-order valence-corrected chi connectivity index (χ2v) is 7.26. The Morgan fingerprint density at radius 3 is 2.90 bits per heavy atom. The van der Waals surface area contributed by atoms with Crippen LogP contribution in [0.15, 0.2) is 24.4 Å². The molecule has 0 bridgehead atoms. The molecule has 1 aliphatic carbocycles. The van der Waals surface area contributed by atoms with Gasteiger partial charge in [-0.1, -0.05) is 0 Å². The number of hydrogen-bond acceptors (Lipinski definition) is 3. The fraction of sp³-hybridized carbons (Fsp3) is 0.438. The molecule has 1 fully saturated rings. The maximum absolute atomic E-state index is 12.4. The van der Waals surface area contributed by atoms with Crippen LogP contribution in [0.25, 0.3) is 0 Å². The molecule has 3 N–H and O–H groups in total. The minimum absolute atomic E-state index is 0.0284. The number of hydrogen-bond donors (Lipinski definition) is 2. The zero-order chi connectivity index (χ0) is 15.0. The lowest BCUT2D eigenvalue weighted by Gasteiger charge is -2.14. The number of nitrogens with one attached hydrogen (secondary N) is 1. The molecule has 1 atom stereocenters. The zero-order valence-electron chi connectivity index (χ0n) is 12.4. The van der Waals surface area contributed by atoms with Crippen molar-refractivity contribution in [1.82, 2.24) is 9.88 Å². The van der Waals surface area contributed by atoms with Crippen molar-refractivity contribution < 1.29 is 4.79 Å². The van der Waals surface area contributed by atoms with E-state index in [0.29, 0.717) is 17.4 Å². The van der Waals surface area contributed by atoms with Gasteiger partial charge in [-0.25, -0.2) is 0 Å². The summed E-state index contributed by atoms with van der Waals surface area (Å²) in [7, 11) is 0. The molecule has 3 rings (SSSR count). The van der Waals surface area contributed by atoms with Gasteiger partial charge in [0.05, 0.1) is 5.69 Å². The summed E-state index contributed by atoms with van der Waals surface area (Å²) in [6, 6.07) is 6.59. The normalized spacial score (nSPS) is 15.9. The third-order valence-corrected chi connectivity index (χ3v) is 4.75. The Hall–Kier alpha value is -1.75. The Morgan fingerprint density at radius 2 is 2.29 bits per heavy atom. The van der Waals surface area contributed by atoms with E-state index < -0.39 is 0 Å². The van der Waals surface area contributed by atoms with Crippen molar-refractivity contribution >= 4 is 22.9 Å². The van der Waals surface area contributed by atoms with Crippen LogP contribution in [0.5, 0.6) is 0 Å². The average molecular weight is 303 g/mol. The summed E-state index contributed by atoms with van der Waals surface area (Å²) in [4.78, 5) is 15.0. The van der Waals surface area contributed by atoms with Crippen LogP contribution in [0.3, 0.4) is 0 Å². The van der Waals surface area contributed by atoms with Crippen molar-refractivity contribution in [2.24, 2.45) is 0 Å². The summed E-state index contributed by atoms with van der Waals surface area (Å²) in [6.07, 6.45) is 5.01. The van der Waals surface area contributed by atoms with Gasteiger partial charge in [0.2, 0.25) is 0 Å². The zero-order valence-corrected chi connectivity index (χ0v) is 13.2. The van der Waals surface area contributed by atoms with Crippen LogP contribution in [0.1, 0.15) is 46.0 Å². The van der Waals surface area contributed by atoms with Crippen LogP contribution < -0.4 is 11.1 Å². The molecule has 2 aromatic rings. The minimum atomic E-state index is -0.0284. The number of carbonyl (C=O) groups is 1. The molecule has 0 aromatic carbocycles. The van der Waals surface area contributed by atoms with Gasteiger partial charge in [-0.2, -0.15) is 0 Å². The summed E-state index contributed by atoms with van der Waals surface area (Å²) < 4.78 is 2.02. The number of anilines is 1. The number of aromatic nitrogens is 1. The van der Waals surface area contributed by atoms with E-state index in [-0.39, 0.29) is 11.9 Å². The van der Waals surface area contributed by atoms with E-state index in [1.165, 1.54) is 9.75 Å². The van der Waals surface area contributed by atoms with Gasteiger partial charge in [-0.05, 0) is 44.9 Å². The highest BCUT2D eigenvalue weighted by molar-refractivity contribution is 7.11. The number of nitrogens with two attached hydrogens (primary N) is 1. The maximum Gasteiger partial charge on any atom is 0.268 e. The molecule has 112 valence electrons. The summed E-state index contributed by atoms with van der Waals surface area (Å²) in [5, 5.41) is 3.08. The van der Waals surface area contributed by atoms with Crippen molar-refractivity contribution in [3.8, 4) is 0 Å². The van der Waals surface area contributed by atoms with Crippen molar-refractivity contribution in [2.45, 2.75) is 45.2 Å². The fourth-order valence-corrected chi connectivity index (χ4v) is 3.60. The Morgan fingerprint density at radius 1 is 1.52 bits per heavy atom. The number of amides is 1. The van der Waals surface area contributed by atoms with E-state index in [1.54, 1.807) is 17.4 Å². The van der Waals surface area contributed by atoms with Crippen LogP contribution in [0, 0.1) is 6.92 Å². The molecule has 2 heterocycles. The van der Waals surface area contributed by atoms with E-state index >= 15 is 0 Å². The van der Waals surface area contributed by atoms with Crippen LogP contribution in [-0.2, 0) is 6.42 Å². The lowest BCUT2D eigenvalue weighted by Crippen LogP contribution is -2.35. The first-order valence-corrected chi connectivity index (χ1v) is 8.18. The standard InChI is InChI=1S/C16H21N3OS/c1-10(7-14-6-3-11(2)21-14)18-16(20)15-8-12(17)9-19(15)13-4-5-13/h3,6,8-10,13H,4-5,7,17H2,1-2H3,(H,18,20). The minimum Gasteiger partial charge on any atom is -0.397 e. The molecular formula is C16H21N3OS. The molecular weight excluding hydrogens is 282 g/mol. The Kier molecular flexibility index (Phi) is 3.76. The molecule has 0 aliphatic heterocycles. The van der Waals surface area contributed by atoms with Gasteiger partial charge >= 0.3 is 0 Å². The van der Waals surface area contributed by atoms with Crippen molar-refractivity contribution in [1.29, 1.82) is 0 Å². The van der Waals surface area contributed by atoms with Crippen LogP contribution in [-0.4, -0.2) is 16.5 Å². The average Bonchev–Trinajstić information content (AvgIpc) is 3.07. The van der Waals surface area contributed by atoms with Crippen molar-refractivity contribution in [3.05, 3.63) is 39.8 Å². The molecule has 4 nitrogen and oxygen atoms in total. The number of rotatable bonds is 5. The summed E-state index contributed by atoms with van der Waals surface area (Å²) >= 11 is 1.78. The first-order chi connectivity index (χ1) is 10.0. The summed E-state index contributed by atoms with van der Waals surface area (Å²) in [5.74, 6) is -0.0284. The molecule has 1 saturated carbocycles. The SMILES string of the molecule is Cc1ccc(CC(C)NC(=O)c2cc(N)cn2C2CC2)s1. The topological polar surface area (TPSA) is 60.1 Å². The van der Waals surface area contributed by atoms with Gasteiger partial charge < -0.3 is 15.6 Å². The molecule has 21 heavy (non-hydrogen) atoms. The highest BCUT2D eigenvalue weighted by Crippen LogP contribution is 2.37. The molecule has 1 amide bonds. The Bertz CT molecular complexity index is 654. The highest BCUT2D eigenvalue weighted by atomic mass is 32.1. The summed E-state index contributed by atoms with van der Waals surface area (Å²) in [5.41, 5.74) is 7.19. The fourth-order valence-electron chi connectivity index (χ4n) is 2.58. The van der Waals surface area contributed by atoms with Crippen molar-refractivity contribution in [2.75, 3.05) is 5.73 Å². The van der Waals surface area contributed by atoms with Crippen LogP contribution >= 0.6 is 11.3 Å². The van der Waals surface area contributed by atoms with E-state index in [0.717, 1.165) is 19.3 Å². The van der Waals surface area contributed by atoms with Gasteiger partial charge in [-0.3, -0.25) is 4.79 Å². The molecule has 5 heteroatoms. The monoisotopic (exact) mass is 303 g/mol. The summed E-state index contributed by atoms with van der Waals surface area (Å²) in [6.45, 7) is 4.14. The van der Waals surface area contributed by atoms with Gasteiger partial charge in [0.1, 0.15) is 5.69 Å². The second kappa shape index (κ2) is 5.56. The lowest BCUT2D eigenvalue weighted by atomic mass is 10.2. The second-order valence-electron chi connectivity index (χ2n) is 5.89. The molecule has 1 unspecified atom stereocenters. The molecule has 0 radical (unpaired) electrons. The smallest absolute Gasteiger partial charge is 0.268 e. The number of carbonyl (C=O) groups excluding carboxylic acids is 1. The molecule has 1 aliphatic rings. The van der Waals surface area contributed by atoms with Crippen LogP contribution in [0.2, 0.25) is 0 Å². The third-order valence-electron chi connectivity index (χ3n) is 3.72. The van der Waals surface area contributed by atoms with Crippen LogP contribution in [0.4, 0.5) is 5.69 Å². The van der Waals surface area contributed by atoms with Gasteiger partial charge in [0.25, 0.3) is 5.91 Å². The van der Waals surface area contributed by atoms with Gasteiger partial charge in [0, 0.05) is 34.5 Å². The Labute approximate surface area is 129 Å². The molecule has 2 aromatic heterocycles. The molecule has 0 saturated heterocycles. The predicted molar refractivity (Wildman–Crippen MR) is 86.8 cm³/mol.